The van der Waals surface area contributed by atoms with E-state index in [1.165, 1.54) is 13.8 Å². The van der Waals surface area contributed by atoms with Crippen LogP contribution in [0.2, 0.25) is 0 Å². The van der Waals surface area contributed by atoms with Gasteiger partial charge in [-0.05, 0) is 85.0 Å². The van der Waals surface area contributed by atoms with E-state index in [2.05, 4.69) is 65.0 Å². The van der Waals surface area contributed by atoms with Crippen molar-refractivity contribution in [2.75, 3.05) is 22.1 Å². The van der Waals surface area contributed by atoms with Crippen LogP contribution in [-0.4, -0.2) is 65.9 Å². The molecule has 6 aromatic rings. The van der Waals surface area contributed by atoms with E-state index in [0.29, 0.717) is 45.4 Å². The lowest BCUT2D eigenvalue weighted by Gasteiger charge is -2.12. The summed E-state index contributed by atoms with van der Waals surface area (Å²) in [7, 11) is 0. The number of fused-ring (bicyclic) bond motifs is 2. The van der Waals surface area contributed by atoms with Gasteiger partial charge in [0.2, 0.25) is 11.8 Å². The second-order valence-corrected chi connectivity index (χ2v) is 12.6. The zero-order valence-corrected chi connectivity index (χ0v) is 31.1. The Bertz CT molecular complexity index is 2270. The molecular formula is C38H42N14O4. The lowest BCUT2D eigenvalue weighted by Crippen LogP contribution is -2.44. The fraction of sp³-hybridized carbons (Fsp3) is 0.211. The summed E-state index contributed by atoms with van der Waals surface area (Å²) in [6.07, 6.45) is 11.7. The van der Waals surface area contributed by atoms with Crippen molar-refractivity contribution in [3.63, 3.8) is 0 Å². The molecule has 0 bridgehead atoms. The summed E-state index contributed by atoms with van der Waals surface area (Å²) in [6.45, 7) is 7.10. The van der Waals surface area contributed by atoms with Crippen LogP contribution >= 0.6 is 0 Å². The number of carbonyl (C=O) groups is 4. The maximum Gasteiger partial charge on any atom is 0.321 e. The predicted octanol–water partition coefficient (Wildman–Crippen LogP) is 3.66. The molecule has 6 amide bonds. The van der Waals surface area contributed by atoms with Crippen LogP contribution < -0.4 is 44.2 Å². The topological polar surface area (TPSA) is 298 Å². The number of rotatable bonds is 10. The first-order chi connectivity index (χ1) is 26.8. The molecule has 0 aromatic carbocycles. The number of nitrogens with two attached hydrogens (primary N) is 4. The van der Waals surface area contributed by atoms with Gasteiger partial charge in [0.1, 0.15) is 35.4 Å². The molecule has 0 saturated heterocycles. The predicted molar refractivity (Wildman–Crippen MR) is 215 cm³/mol. The van der Waals surface area contributed by atoms with Crippen molar-refractivity contribution in [2.45, 2.75) is 52.6 Å². The maximum atomic E-state index is 12.0. The molecule has 2 atom stereocenters. The summed E-state index contributed by atoms with van der Waals surface area (Å²) in [4.78, 5) is 71.8. The number of primary amides is 2. The number of anilines is 4. The molecule has 0 aliphatic rings. The molecule has 0 radical (unpaired) electrons. The van der Waals surface area contributed by atoms with Gasteiger partial charge in [-0.15, -0.1) is 0 Å². The van der Waals surface area contributed by atoms with Crippen LogP contribution in [0.15, 0.2) is 73.6 Å². The fourth-order valence-corrected chi connectivity index (χ4v) is 5.53. The molecule has 6 aromatic heterocycles. The molecule has 56 heavy (non-hydrogen) atoms. The van der Waals surface area contributed by atoms with Gasteiger partial charge in [-0.1, -0.05) is 13.8 Å². The SMILES string of the molecule is CCc1ccncc1-c1cc2cc(NC(=O)N[C@@H](C)C(N)=O)ncc2c(N)n1.CCc1ccncc1-c1cc2cc(NC(=O)N[C@H](C)C(N)=O)ncc2c(N)n1. The van der Waals surface area contributed by atoms with Gasteiger partial charge in [0, 0.05) is 59.1 Å². The highest BCUT2D eigenvalue weighted by atomic mass is 16.2. The van der Waals surface area contributed by atoms with Gasteiger partial charge in [0.15, 0.2) is 0 Å². The van der Waals surface area contributed by atoms with E-state index in [4.69, 9.17) is 22.9 Å². The summed E-state index contributed by atoms with van der Waals surface area (Å²) in [5.74, 6) is 0.0235. The minimum atomic E-state index is -0.801. The average Bonchev–Trinajstić information content (AvgIpc) is 3.17. The molecule has 6 heterocycles. The zero-order chi connectivity index (χ0) is 40.5. The third-order valence-electron chi connectivity index (χ3n) is 8.66. The number of nitrogens with one attached hydrogen (secondary N) is 4. The van der Waals surface area contributed by atoms with E-state index >= 15 is 0 Å². The average molecular weight is 759 g/mol. The summed E-state index contributed by atoms with van der Waals surface area (Å²) in [5, 5.41) is 12.9. The Labute approximate surface area is 321 Å². The van der Waals surface area contributed by atoms with Crippen molar-refractivity contribution in [2.24, 2.45) is 11.5 Å². The number of hydrogen-bond donors (Lipinski definition) is 8. The van der Waals surface area contributed by atoms with Crippen molar-refractivity contribution >= 4 is 68.7 Å². The Hall–Kier alpha value is -7.50. The standard InChI is InChI=1S/2C19H21N7O2/c2*1-3-11-4-5-22-8-13(11)15-6-12-7-16(23-9-14(12)17(20)25-15)26-19(28)24-10(2)18(21)27/h2*4-10H,3H2,1-2H3,(H2,20,25)(H2,21,27)(H2,23,24,26,28)/t2*10-/m10/s1. The Morgan fingerprint density at radius 1 is 0.625 bits per heavy atom. The van der Waals surface area contributed by atoms with Crippen LogP contribution in [0.4, 0.5) is 32.9 Å². The molecule has 288 valence electrons. The Morgan fingerprint density at radius 2 is 1.02 bits per heavy atom. The molecule has 0 fully saturated rings. The Balaban J connectivity index is 0.000000214. The minimum absolute atomic E-state index is 0.306. The molecule has 18 nitrogen and oxygen atoms in total. The van der Waals surface area contributed by atoms with Crippen LogP contribution in [-0.2, 0) is 22.4 Å². The van der Waals surface area contributed by atoms with E-state index in [0.717, 1.165) is 45.9 Å². The third kappa shape index (κ3) is 9.53. The normalized spacial score (nSPS) is 11.8. The second kappa shape index (κ2) is 17.5. The van der Waals surface area contributed by atoms with Crippen molar-refractivity contribution in [1.82, 2.24) is 40.5 Å². The number of pyridine rings is 6. The van der Waals surface area contributed by atoms with Crippen molar-refractivity contribution < 1.29 is 19.2 Å². The first-order valence-electron chi connectivity index (χ1n) is 17.5. The number of nitrogens with zero attached hydrogens (tertiary/aromatic N) is 6. The van der Waals surface area contributed by atoms with Crippen LogP contribution in [0.25, 0.3) is 44.1 Å². The molecule has 6 rings (SSSR count). The zero-order valence-electron chi connectivity index (χ0n) is 31.1. The van der Waals surface area contributed by atoms with Gasteiger partial charge < -0.3 is 33.6 Å². The molecule has 12 N–H and O–H groups in total. The first-order valence-corrected chi connectivity index (χ1v) is 17.5. The summed E-state index contributed by atoms with van der Waals surface area (Å²) < 4.78 is 0. The molecule has 0 unspecified atom stereocenters. The number of hydrogen-bond acceptors (Lipinski definition) is 12. The lowest BCUT2D eigenvalue weighted by molar-refractivity contribution is -0.120. The van der Waals surface area contributed by atoms with E-state index in [9.17, 15) is 19.2 Å². The molecule has 0 saturated carbocycles. The Kier molecular flexibility index (Phi) is 12.4. The van der Waals surface area contributed by atoms with E-state index in [-0.39, 0.29) is 0 Å². The van der Waals surface area contributed by atoms with Crippen LogP contribution in [0.1, 0.15) is 38.8 Å². The van der Waals surface area contributed by atoms with E-state index in [1.807, 2.05) is 24.3 Å². The maximum absolute atomic E-state index is 12.0. The molecule has 0 aliphatic carbocycles. The molecule has 0 aliphatic heterocycles. The number of aryl methyl sites for hydroxylation is 2. The number of carbonyl (C=O) groups excluding carboxylic acids is 4. The Morgan fingerprint density at radius 3 is 1.38 bits per heavy atom. The monoisotopic (exact) mass is 758 g/mol. The first kappa shape index (κ1) is 39.7. The van der Waals surface area contributed by atoms with Gasteiger partial charge in [0.25, 0.3) is 0 Å². The number of urea groups is 2. The molecular weight excluding hydrogens is 717 g/mol. The highest BCUT2D eigenvalue weighted by molar-refractivity contribution is 5.99. The van der Waals surface area contributed by atoms with Gasteiger partial charge in [-0.2, -0.15) is 0 Å². The number of nitrogen functional groups attached to an aromatic ring is 2. The van der Waals surface area contributed by atoms with E-state index < -0.39 is 36.0 Å². The smallest absolute Gasteiger partial charge is 0.321 e. The minimum Gasteiger partial charge on any atom is -0.383 e. The largest absolute Gasteiger partial charge is 0.383 e. The number of aromatic nitrogens is 6. The second-order valence-electron chi connectivity index (χ2n) is 12.6. The number of amides is 6. The van der Waals surface area contributed by atoms with Crippen molar-refractivity contribution in [3.8, 4) is 22.5 Å². The third-order valence-corrected chi connectivity index (χ3v) is 8.66. The van der Waals surface area contributed by atoms with Crippen molar-refractivity contribution in [1.29, 1.82) is 0 Å². The summed E-state index contributed by atoms with van der Waals surface area (Å²) in [6, 6.07) is 8.25. The van der Waals surface area contributed by atoms with E-state index in [1.54, 1.807) is 49.3 Å². The lowest BCUT2D eigenvalue weighted by atomic mass is 10.0. The molecule has 0 spiro atoms. The van der Waals surface area contributed by atoms with Crippen LogP contribution in [0, 0.1) is 0 Å². The highest BCUT2D eigenvalue weighted by Crippen LogP contribution is 2.30. The van der Waals surface area contributed by atoms with Gasteiger partial charge >= 0.3 is 12.1 Å². The van der Waals surface area contributed by atoms with Gasteiger partial charge in [-0.25, -0.2) is 29.5 Å². The summed E-state index contributed by atoms with van der Waals surface area (Å²) >= 11 is 0. The fourth-order valence-electron chi connectivity index (χ4n) is 5.53. The van der Waals surface area contributed by atoms with Gasteiger partial charge in [-0.3, -0.25) is 30.2 Å². The highest BCUT2D eigenvalue weighted by Gasteiger charge is 2.16. The summed E-state index contributed by atoms with van der Waals surface area (Å²) in [5.41, 5.74) is 27.9. The molecule has 18 heteroatoms. The van der Waals surface area contributed by atoms with Crippen LogP contribution in [0.5, 0.6) is 0 Å². The van der Waals surface area contributed by atoms with Crippen LogP contribution in [0.3, 0.4) is 0 Å². The van der Waals surface area contributed by atoms with Gasteiger partial charge in [0.05, 0.1) is 11.4 Å². The van der Waals surface area contributed by atoms with Crippen molar-refractivity contribution in [3.05, 3.63) is 84.7 Å². The quantitative estimate of drug-likeness (QED) is 0.0993.